The molecule has 0 bridgehead atoms. The quantitative estimate of drug-likeness (QED) is 0.927. The SMILES string of the molecule is O=C(Cc1ccc(F)cc1)N1CCCC1C1CCNCC1. The molecular weight excluding hydrogens is 267 g/mol. The van der Waals surface area contributed by atoms with Gasteiger partial charge < -0.3 is 10.2 Å². The lowest BCUT2D eigenvalue weighted by molar-refractivity contribution is -0.132. The largest absolute Gasteiger partial charge is 0.339 e. The molecular formula is C17H23FN2O. The Bertz CT molecular complexity index is 482. The summed E-state index contributed by atoms with van der Waals surface area (Å²) in [4.78, 5) is 14.7. The summed E-state index contributed by atoms with van der Waals surface area (Å²) in [6.07, 6.45) is 4.99. The number of nitrogens with one attached hydrogen (secondary N) is 1. The molecule has 1 aromatic rings. The first-order valence-electron chi connectivity index (χ1n) is 7.98. The van der Waals surface area contributed by atoms with Gasteiger partial charge in [0.05, 0.1) is 6.42 Å². The third-order valence-corrected chi connectivity index (χ3v) is 4.82. The number of hydrogen-bond donors (Lipinski definition) is 1. The highest BCUT2D eigenvalue weighted by Crippen LogP contribution is 2.30. The monoisotopic (exact) mass is 290 g/mol. The van der Waals surface area contributed by atoms with Crippen molar-refractivity contribution in [3.8, 4) is 0 Å². The molecule has 2 aliphatic rings. The molecule has 0 spiro atoms. The van der Waals surface area contributed by atoms with Crippen molar-refractivity contribution in [3.05, 3.63) is 35.6 Å². The van der Waals surface area contributed by atoms with Gasteiger partial charge in [0, 0.05) is 12.6 Å². The summed E-state index contributed by atoms with van der Waals surface area (Å²) in [6, 6.07) is 6.69. The van der Waals surface area contributed by atoms with Gasteiger partial charge in [-0.15, -0.1) is 0 Å². The first-order valence-corrected chi connectivity index (χ1v) is 7.98. The van der Waals surface area contributed by atoms with Crippen LogP contribution < -0.4 is 5.32 Å². The van der Waals surface area contributed by atoms with E-state index in [-0.39, 0.29) is 11.7 Å². The van der Waals surface area contributed by atoms with E-state index in [2.05, 4.69) is 10.2 Å². The Morgan fingerprint density at radius 1 is 1.19 bits per heavy atom. The van der Waals surface area contributed by atoms with Crippen LogP contribution in [0.5, 0.6) is 0 Å². The molecule has 2 aliphatic heterocycles. The van der Waals surface area contributed by atoms with Gasteiger partial charge in [-0.1, -0.05) is 12.1 Å². The fourth-order valence-electron chi connectivity index (χ4n) is 3.70. The van der Waals surface area contributed by atoms with Crippen molar-refractivity contribution in [1.29, 1.82) is 0 Å². The molecule has 2 fully saturated rings. The smallest absolute Gasteiger partial charge is 0.227 e. The Labute approximate surface area is 125 Å². The molecule has 2 saturated heterocycles. The second kappa shape index (κ2) is 6.56. The first-order chi connectivity index (χ1) is 10.2. The van der Waals surface area contributed by atoms with Crippen molar-refractivity contribution in [2.75, 3.05) is 19.6 Å². The number of likely N-dealkylation sites (tertiary alicyclic amines) is 1. The number of nitrogens with zero attached hydrogens (tertiary/aromatic N) is 1. The molecule has 0 aromatic heterocycles. The van der Waals surface area contributed by atoms with E-state index in [1.807, 2.05) is 0 Å². The molecule has 0 saturated carbocycles. The Kier molecular flexibility index (Phi) is 4.54. The number of piperidine rings is 1. The topological polar surface area (TPSA) is 32.3 Å². The normalized spacial score (nSPS) is 23.5. The number of amides is 1. The van der Waals surface area contributed by atoms with Crippen molar-refractivity contribution < 1.29 is 9.18 Å². The van der Waals surface area contributed by atoms with E-state index in [4.69, 9.17) is 0 Å². The van der Waals surface area contributed by atoms with Gasteiger partial charge in [-0.3, -0.25) is 4.79 Å². The maximum absolute atomic E-state index is 12.9. The van der Waals surface area contributed by atoms with Crippen LogP contribution in [0.4, 0.5) is 4.39 Å². The fourth-order valence-corrected chi connectivity index (χ4v) is 3.70. The molecule has 2 heterocycles. The van der Waals surface area contributed by atoms with Gasteiger partial charge in [0.2, 0.25) is 5.91 Å². The molecule has 3 nitrogen and oxygen atoms in total. The number of carbonyl (C=O) groups is 1. The molecule has 3 rings (SSSR count). The highest BCUT2D eigenvalue weighted by Gasteiger charge is 2.34. The van der Waals surface area contributed by atoms with Crippen molar-refractivity contribution >= 4 is 5.91 Å². The van der Waals surface area contributed by atoms with Crippen LogP contribution in [-0.2, 0) is 11.2 Å². The van der Waals surface area contributed by atoms with Gasteiger partial charge in [-0.05, 0) is 62.4 Å². The van der Waals surface area contributed by atoms with E-state index in [0.29, 0.717) is 18.4 Å². The fraction of sp³-hybridized carbons (Fsp3) is 0.588. The maximum atomic E-state index is 12.9. The third-order valence-electron chi connectivity index (χ3n) is 4.82. The summed E-state index contributed by atoms with van der Waals surface area (Å²) in [6.45, 7) is 3.02. The first kappa shape index (κ1) is 14.5. The number of benzene rings is 1. The average Bonchev–Trinajstić information content (AvgIpc) is 3.00. The van der Waals surface area contributed by atoms with Crippen molar-refractivity contribution in [1.82, 2.24) is 10.2 Å². The Balaban J connectivity index is 1.63. The average molecular weight is 290 g/mol. The van der Waals surface area contributed by atoms with Crippen LogP contribution in [0.2, 0.25) is 0 Å². The van der Waals surface area contributed by atoms with E-state index in [0.717, 1.165) is 38.0 Å². The van der Waals surface area contributed by atoms with Crippen LogP contribution in [0.15, 0.2) is 24.3 Å². The third kappa shape index (κ3) is 3.43. The second-order valence-electron chi connectivity index (χ2n) is 6.19. The zero-order valence-electron chi connectivity index (χ0n) is 12.4. The van der Waals surface area contributed by atoms with Gasteiger partial charge in [-0.25, -0.2) is 4.39 Å². The van der Waals surface area contributed by atoms with Gasteiger partial charge in [0.1, 0.15) is 5.82 Å². The van der Waals surface area contributed by atoms with Crippen LogP contribution in [-0.4, -0.2) is 36.5 Å². The summed E-state index contributed by atoms with van der Waals surface area (Å²) < 4.78 is 12.9. The molecule has 1 atom stereocenters. The molecule has 1 N–H and O–H groups in total. The predicted molar refractivity (Wildman–Crippen MR) is 80.4 cm³/mol. The molecule has 0 aliphatic carbocycles. The molecule has 1 aromatic carbocycles. The summed E-state index contributed by atoms with van der Waals surface area (Å²) in [5.41, 5.74) is 0.900. The standard InChI is InChI=1S/C17H23FN2O/c18-15-5-3-13(4-6-15)12-17(21)20-11-1-2-16(20)14-7-9-19-10-8-14/h3-6,14,16,19H,1-2,7-12H2. The molecule has 1 unspecified atom stereocenters. The highest BCUT2D eigenvalue weighted by molar-refractivity contribution is 5.79. The van der Waals surface area contributed by atoms with E-state index in [1.165, 1.54) is 25.0 Å². The van der Waals surface area contributed by atoms with Crippen LogP contribution in [0.3, 0.4) is 0 Å². The van der Waals surface area contributed by atoms with E-state index in [1.54, 1.807) is 12.1 Å². The van der Waals surface area contributed by atoms with Crippen LogP contribution >= 0.6 is 0 Å². The van der Waals surface area contributed by atoms with Gasteiger partial charge in [0.25, 0.3) is 0 Å². The van der Waals surface area contributed by atoms with Gasteiger partial charge >= 0.3 is 0 Å². The summed E-state index contributed by atoms with van der Waals surface area (Å²) >= 11 is 0. The Morgan fingerprint density at radius 3 is 2.62 bits per heavy atom. The molecule has 4 heteroatoms. The van der Waals surface area contributed by atoms with Crippen molar-refractivity contribution in [3.63, 3.8) is 0 Å². The minimum Gasteiger partial charge on any atom is -0.339 e. The number of halogens is 1. The highest BCUT2D eigenvalue weighted by atomic mass is 19.1. The maximum Gasteiger partial charge on any atom is 0.227 e. The van der Waals surface area contributed by atoms with Gasteiger partial charge in [-0.2, -0.15) is 0 Å². The number of rotatable bonds is 3. The molecule has 21 heavy (non-hydrogen) atoms. The lowest BCUT2D eigenvalue weighted by atomic mass is 9.88. The predicted octanol–water partition coefficient (Wildman–Crippen LogP) is 2.36. The van der Waals surface area contributed by atoms with Gasteiger partial charge in [0.15, 0.2) is 0 Å². The minimum atomic E-state index is -0.250. The zero-order valence-corrected chi connectivity index (χ0v) is 12.4. The van der Waals surface area contributed by atoms with E-state index < -0.39 is 0 Å². The number of hydrogen-bond acceptors (Lipinski definition) is 2. The van der Waals surface area contributed by atoms with Crippen LogP contribution in [0.25, 0.3) is 0 Å². The summed E-state index contributed by atoms with van der Waals surface area (Å²) in [5.74, 6) is 0.591. The molecule has 1 amide bonds. The van der Waals surface area contributed by atoms with Crippen LogP contribution in [0.1, 0.15) is 31.2 Å². The minimum absolute atomic E-state index is 0.197. The Morgan fingerprint density at radius 2 is 1.90 bits per heavy atom. The lowest BCUT2D eigenvalue weighted by Crippen LogP contribution is -2.44. The summed E-state index contributed by atoms with van der Waals surface area (Å²) in [5, 5.41) is 3.39. The molecule has 114 valence electrons. The van der Waals surface area contributed by atoms with E-state index >= 15 is 0 Å². The van der Waals surface area contributed by atoms with E-state index in [9.17, 15) is 9.18 Å². The Hall–Kier alpha value is -1.42. The number of carbonyl (C=O) groups excluding carboxylic acids is 1. The van der Waals surface area contributed by atoms with Crippen LogP contribution in [0, 0.1) is 11.7 Å². The lowest BCUT2D eigenvalue weighted by Gasteiger charge is -2.34. The zero-order chi connectivity index (χ0) is 14.7. The van der Waals surface area contributed by atoms with Crippen molar-refractivity contribution in [2.45, 2.75) is 38.1 Å². The summed E-state index contributed by atoms with van der Waals surface area (Å²) in [7, 11) is 0. The second-order valence-corrected chi connectivity index (χ2v) is 6.19. The van der Waals surface area contributed by atoms with Crippen molar-refractivity contribution in [2.24, 2.45) is 5.92 Å². The molecule has 0 radical (unpaired) electrons.